The molecule has 0 aromatic carbocycles. The summed E-state index contributed by atoms with van der Waals surface area (Å²) >= 11 is 0. The van der Waals surface area contributed by atoms with E-state index in [4.69, 9.17) is 4.74 Å². The van der Waals surface area contributed by atoms with E-state index < -0.39 is 0 Å². The molecule has 0 aliphatic carbocycles. The zero-order valence-corrected chi connectivity index (χ0v) is 14.0. The number of amides is 1. The summed E-state index contributed by atoms with van der Waals surface area (Å²) in [5.41, 5.74) is 0.728. The van der Waals surface area contributed by atoms with Crippen molar-refractivity contribution < 1.29 is 9.53 Å². The molecule has 0 unspecified atom stereocenters. The summed E-state index contributed by atoms with van der Waals surface area (Å²) in [5, 5.41) is 3.20. The first-order valence-electron chi connectivity index (χ1n) is 8.34. The van der Waals surface area contributed by atoms with Crippen molar-refractivity contribution in [3.63, 3.8) is 0 Å². The first-order chi connectivity index (χ1) is 10.6. The molecule has 1 fully saturated rings. The van der Waals surface area contributed by atoms with E-state index in [2.05, 4.69) is 17.1 Å². The fraction of sp³-hybridized carbons (Fsp3) is 0.706. The van der Waals surface area contributed by atoms with E-state index in [1.54, 1.807) is 0 Å². The molecule has 5 heteroatoms. The molecule has 22 heavy (non-hydrogen) atoms. The number of hydrogen-bond acceptors (Lipinski definition) is 3. The summed E-state index contributed by atoms with van der Waals surface area (Å²) in [6.45, 7) is 9.08. The zero-order chi connectivity index (χ0) is 15.9. The first kappa shape index (κ1) is 17.0. The molecule has 1 aliphatic rings. The number of carbonyl (C=O) groups is 1. The maximum Gasteiger partial charge on any atom is 0.268 e. The highest BCUT2D eigenvalue weighted by atomic mass is 16.5. The molecule has 0 saturated carbocycles. The van der Waals surface area contributed by atoms with Crippen molar-refractivity contribution in [2.24, 2.45) is 13.0 Å². The van der Waals surface area contributed by atoms with E-state index in [1.165, 1.54) is 0 Å². The summed E-state index contributed by atoms with van der Waals surface area (Å²) in [6.07, 6.45) is 4.01. The Kier molecular flexibility index (Phi) is 6.46. The Morgan fingerprint density at radius 3 is 2.95 bits per heavy atom. The molecule has 1 aromatic heterocycles. The third-order valence-corrected chi connectivity index (χ3v) is 4.45. The Bertz CT molecular complexity index is 472. The van der Waals surface area contributed by atoms with E-state index in [-0.39, 0.29) is 11.9 Å². The number of hydrogen-bond donors (Lipinski definition) is 1. The number of piperidine rings is 1. The van der Waals surface area contributed by atoms with E-state index >= 15 is 0 Å². The molecular formula is C17H29N3O2. The first-order valence-corrected chi connectivity index (χ1v) is 8.34. The Morgan fingerprint density at radius 1 is 1.50 bits per heavy atom. The van der Waals surface area contributed by atoms with Crippen molar-refractivity contribution in [1.82, 2.24) is 14.8 Å². The highest BCUT2D eigenvalue weighted by Gasteiger charge is 2.27. The summed E-state index contributed by atoms with van der Waals surface area (Å²) < 4.78 is 7.26. The van der Waals surface area contributed by atoms with Crippen molar-refractivity contribution in [2.45, 2.75) is 32.7 Å². The van der Waals surface area contributed by atoms with Crippen molar-refractivity contribution >= 4 is 5.91 Å². The Labute approximate surface area is 133 Å². The highest BCUT2D eigenvalue weighted by molar-refractivity contribution is 5.92. The quantitative estimate of drug-likeness (QED) is 0.783. The minimum atomic E-state index is 0.0362. The van der Waals surface area contributed by atoms with Crippen LogP contribution in [0.25, 0.3) is 0 Å². The summed E-state index contributed by atoms with van der Waals surface area (Å²) in [7, 11) is 1.90. The van der Waals surface area contributed by atoms with Crippen LogP contribution in [0.1, 0.15) is 37.2 Å². The molecule has 0 bridgehead atoms. The van der Waals surface area contributed by atoms with Crippen molar-refractivity contribution in [2.75, 3.05) is 32.8 Å². The van der Waals surface area contributed by atoms with Gasteiger partial charge in [0.15, 0.2) is 0 Å². The van der Waals surface area contributed by atoms with Crippen LogP contribution in [0, 0.1) is 5.92 Å². The van der Waals surface area contributed by atoms with Gasteiger partial charge in [-0.05, 0) is 37.8 Å². The molecule has 2 atom stereocenters. The van der Waals surface area contributed by atoms with Gasteiger partial charge < -0.3 is 19.5 Å². The van der Waals surface area contributed by atoms with Crippen molar-refractivity contribution in [3.05, 3.63) is 24.0 Å². The fourth-order valence-corrected chi connectivity index (χ4v) is 3.12. The van der Waals surface area contributed by atoms with E-state index in [0.717, 1.165) is 51.4 Å². The van der Waals surface area contributed by atoms with Crippen LogP contribution < -0.4 is 5.32 Å². The molecule has 2 heterocycles. The van der Waals surface area contributed by atoms with E-state index in [0.29, 0.717) is 5.92 Å². The van der Waals surface area contributed by atoms with Gasteiger partial charge in [0.05, 0.1) is 0 Å². The number of nitrogens with one attached hydrogen (secondary N) is 1. The zero-order valence-electron chi connectivity index (χ0n) is 14.0. The molecule has 124 valence electrons. The van der Waals surface area contributed by atoms with Gasteiger partial charge in [0.2, 0.25) is 0 Å². The van der Waals surface area contributed by atoms with Gasteiger partial charge in [-0.2, -0.15) is 0 Å². The van der Waals surface area contributed by atoms with E-state index in [1.807, 2.05) is 36.9 Å². The number of aryl methyl sites for hydroxylation is 1. The van der Waals surface area contributed by atoms with E-state index in [9.17, 15) is 4.79 Å². The number of nitrogens with zero attached hydrogens (tertiary/aromatic N) is 2. The summed E-state index contributed by atoms with van der Waals surface area (Å²) in [5.74, 6) is 0.513. The third-order valence-electron chi connectivity index (χ3n) is 4.45. The van der Waals surface area contributed by atoms with Gasteiger partial charge >= 0.3 is 0 Å². The molecule has 1 aliphatic heterocycles. The lowest BCUT2D eigenvalue weighted by atomic mass is 9.93. The molecule has 0 radical (unpaired) electrons. The van der Waals surface area contributed by atoms with Crippen LogP contribution >= 0.6 is 0 Å². The number of carbonyl (C=O) groups excluding carboxylic acids is 1. The lowest BCUT2D eigenvalue weighted by Crippen LogP contribution is -2.50. The smallest absolute Gasteiger partial charge is 0.268 e. The minimum absolute atomic E-state index is 0.0362. The predicted octanol–water partition coefficient (Wildman–Crippen LogP) is 1.89. The average molecular weight is 307 g/mol. The topological polar surface area (TPSA) is 46.5 Å². The van der Waals surface area contributed by atoms with Crippen LogP contribution in [0.5, 0.6) is 0 Å². The molecule has 2 rings (SSSR count). The minimum Gasteiger partial charge on any atom is -0.382 e. The molecule has 1 saturated heterocycles. The summed E-state index contributed by atoms with van der Waals surface area (Å²) in [6, 6.07) is 4.04. The average Bonchev–Trinajstić information content (AvgIpc) is 2.92. The largest absolute Gasteiger partial charge is 0.382 e. The van der Waals surface area contributed by atoms with Crippen LogP contribution in [0.2, 0.25) is 0 Å². The molecule has 1 amide bonds. The lowest BCUT2D eigenvalue weighted by Gasteiger charge is -2.37. The number of aromatic nitrogens is 1. The second-order valence-electron chi connectivity index (χ2n) is 6.20. The van der Waals surface area contributed by atoms with Gasteiger partial charge in [-0.1, -0.05) is 6.92 Å². The van der Waals surface area contributed by atoms with Crippen LogP contribution in [0.15, 0.2) is 18.3 Å². The number of likely N-dealkylation sites (tertiary alicyclic amines) is 1. The predicted molar refractivity (Wildman–Crippen MR) is 88.0 cm³/mol. The second-order valence-corrected chi connectivity index (χ2v) is 6.20. The Balaban J connectivity index is 1.76. The van der Waals surface area contributed by atoms with Gasteiger partial charge in [0.25, 0.3) is 5.91 Å². The van der Waals surface area contributed by atoms with Crippen molar-refractivity contribution in [3.8, 4) is 0 Å². The maximum atomic E-state index is 12.3. The molecule has 5 nitrogen and oxygen atoms in total. The normalized spacial score (nSPS) is 22.7. The van der Waals surface area contributed by atoms with Gasteiger partial charge in [-0.15, -0.1) is 0 Å². The van der Waals surface area contributed by atoms with Gasteiger partial charge in [0, 0.05) is 52.1 Å². The van der Waals surface area contributed by atoms with Crippen LogP contribution in [0.3, 0.4) is 0 Å². The SMILES string of the molecule is CCOCCCN1CC[C@@H](NC(=O)c2cccn2C)[C@H](C)C1. The maximum absolute atomic E-state index is 12.3. The summed E-state index contributed by atoms with van der Waals surface area (Å²) in [4.78, 5) is 14.8. The van der Waals surface area contributed by atoms with Crippen molar-refractivity contribution in [1.29, 1.82) is 0 Å². The molecule has 1 N–H and O–H groups in total. The van der Waals surface area contributed by atoms with Gasteiger partial charge in [0.1, 0.15) is 5.69 Å². The number of ether oxygens (including phenoxy) is 1. The number of rotatable bonds is 7. The van der Waals surface area contributed by atoms with Gasteiger partial charge in [-0.25, -0.2) is 0 Å². The lowest BCUT2D eigenvalue weighted by molar-refractivity contribution is 0.0836. The van der Waals surface area contributed by atoms with Gasteiger partial charge in [-0.3, -0.25) is 4.79 Å². The molecule has 1 aromatic rings. The van der Waals surface area contributed by atoms with Crippen LogP contribution in [0.4, 0.5) is 0 Å². The molecule has 0 spiro atoms. The standard InChI is InChI=1S/C17H29N3O2/c1-4-22-12-6-10-20-11-8-15(14(2)13-20)18-17(21)16-7-5-9-19(16)3/h5,7,9,14-15H,4,6,8,10-13H2,1-3H3,(H,18,21)/t14-,15-/m1/s1. The fourth-order valence-electron chi connectivity index (χ4n) is 3.12. The van der Waals surface area contributed by atoms with Crippen LogP contribution in [-0.2, 0) is 11.8 Å². The Hall–Kier alpha value is -1.33. The van der Waals surface area contributed by atoms with Crippen LogP contribution in [-0.4, -0.2) is 54.3 Å². The highest BCUT2D eigenvalue weighted by Crippen LogP contribution is 2.17. The Morgan fingerprint density at radius 2 is 2.32 bits per heavy atom. The third kappa shape index (κ3) is 4.58. The second kappa shape index (κ2) is 8.34. The molecular weight excluding hydrogens is 278 g/mol. The monoisotopic (exact) mass is 307 g/mol.